The average Bonchev–Trinajstić information content (AvgIpc) is 2.14. The zero-order valence-corrected chi connectivity index (χ0v) is 8.95. The van der Waals surface area contributed by atoms with Gasteiger partial charge in [-0.05, 0) is 19.9 Å². The van der Waals surface area contributed by atoms with Crippen molar-refractivity contribution < 1.29 is 27.8 Å². The summed E-state index contributed by atoms with van der Waals surface area (Å²) >= 11 is 0. The lowest BCUT2D eigenvalue weighted by atomic mass is 10.3. The molecule has 0 spiro atoms. The van der Waals surface area contributed by atoms with Crippen LogP contribution >= 0.6 is 0 Å². The number of carboxylic acid groups (broad SMARTS) is 1. The van der Waals surface area contributed by atoms with Crippen molar-refractivity contribution in [2.45, 2.75) is 26.1 Å². The Kier molecular flexibility index (Phi) is 3.54. The van der Waals surface area contributed by atoms with Gasteiger partial charge in [0, 0.05) is 5.69 Å². The molecule has 0 fully saturated rings. The molecule has 1 aromatic heterocycles. The normalized spacial score (nSPS) is 13.2. The third-order valence-electron chi connectivity index (χ3n) is 1.80. The molecule has 0 aliphatic carbocycles. The Bertz CT molecular complexity index is 434. The van der Waals surface area contributed by atoms with Crippen molar-refractivity contribution in [2.75, 3.05) is 0 Å². The first kappa shape index (κ1) is 13.2. The molecule has 0 bridgehead atoms. The summed E-state index contributed by atoms with van der Waals surface area (Å²) in [4.78, 5) is 17.5. The number of carbonyl (C=O) groups is 1. The highest BCUT2D eigenvalue weighted by Crippen LogP contribution is 2.23. The number of nitrogens with zero attached hydrogens (tertiary/aromatic N) is 2. The number of aromatic nitrogens is 2. The number of carboxylic acids is 1. The molecule has 1 unspecified atom stereocenters. The van der Waals surface area contributed by atoms with Crippen molar-refractivity contribution in [3.63, 3.8) is 0 Å². The van der Waals surface area contributed by atoms with E-state index in [1.54, 1.807) is 0 Å². The topological polar surface area (TPSA) is 72.3 Å². The van der Waals surface area contributed by atoms with Crippen molar-refractivity contribution in [3.05, 3.63) is 17.5 Å². The monoisotopic (exact) mass is 250 g/mol. The second kappa shape index (κ2) is 4.56. The Morgan fingerprint density at radius 1 is 1.47 bits per heavy atom. The van der Waals surface area contributed by atoms with Crippen molar-refractivity contribution in [1.29, 1.82) is 0 Å². The number of aryl methyl sites for hydroxylation is 1. The molecule has 1 N–H and O–H groups in total. The van der Waals surface area contributed by atoms with E-state index in [1.807, 2.05) is 0 Å². The van der Waals surface area contributed by atoms with E-state index >= 15 is 0 Å². The van der Waals surface area contributed by atoms with Gasteiger partial charge < -0.3 is 9.84 Å². The van der Waals surface area contributed by atoms with Gasteiger partial charge in [0.15, 0.2) is 11.8 Å². The van der Waals surface area contributed by atoms with Crippen LogP contribution in [0.2, 0.25) is 0 Å². The summed E-state index contributed by atoms with van der Waals surface area (Å²) < 4.78 is 41.0. The van der Waals surface area contributed by atoms with Crippen molar-refractivity contribution in [1.82, 2.24) is 9.97 Å². The van der Waals surface area contributed by atoms with E-state index in [2.05, 4.69) is 14.7 Å². The predicted octanol–water partition coefficient (Wildman–Crippen LogP) is 1.81. The molecule has 0 saturated carbocycles. The SMILES string of the molecule is Cc1cc(C(=O)O)nc(OC(C)C(F)(F)F)n1. The number of rotatable bonds is 3. The highest BCUT2D eigenvalue weighted by Gasteiger charge is 2.38. The molecule has 0 aromatic carbocycles. The molecular weight excluding hydrogens is 241 g/mol. The van der Waals surface area contributed by atoms with Gasteiger partial charge in [-0.1, -0.05) is 0 Å². The van der Waals surface area contributed by atoms with Gasteiger partial charge in [0.2, 0.25) is 0 Å². The molecule has 1 rings (SSSR count). The first-order valence-corrected chi connectivity index (χ1v) is 4.52. The summed E-state index contributed by atoms with van der Waals surface area (Å²) in [7, 11) is 0. The van der Waals surface area contributed by atoms with E-state index in [9.17, 15) is 18.0 Å². The molecule has 0 saturated heterocycles. The minimum Gasteiger partial charge on any atom is -0.477 e. The molecular formula is C9H9F3N2O3. The van der Waals surface area contributed by atoms with Crippen LogP contribution in [0.15, 0.2) is 6.07 Å². The van der Waals surface area contributed by atoms with Gasteiger partial charge in [-0.25, -0.2) is 9.78 Å². The van der Waals surface area contributed by atoms with Crippen molar-refractivity contribution >= 4 is 5.97 Å². The summed E-state index contributed by atoms with van der Waals surface area (Å²) in [5.74, 6) is -1.36. The lowest BCUT2D eigenvalue weighted by Gasteiger charge is -2.16. The first-order chi connectivity index (χ1) is 7.70. The third kappa shape index (κ3) is 3.58. The lowest BCUT2D eigenvalue weighted by Crippen LogP contribution is -2.32. The van der Waals surface area contributed by atoms with Gasteiger partial charge in [-0.15, -0.1) is 0 Å². The van der Waals surface area contributed by atoms with Crippen LogP contribution in [-0.4, -0.2) is 33.3 Å². The third-order valence-corrected chi connectivity index (χ3v) is 1.80. The average molecular weight is 250 g/mol. The number of ether oxygens (including phenoxy) is 1. The van der Waals surface area contributed by atoms with E-state index in [0.29, 0.717) is 0 Å². The smallest absolute Gasteiger partial charge is 0.425 e. The van der Waals surface area contributed by atoms with E-state index in [4.69, 9.17) is 5.11 Å². The predicted molar refractivity (Wildman–Crippen MR) is 49.9 cm³/mol. The standard InChI is InChI=1S/C9H9F3N2O3/c1-4-3-6(7(15)16)14-8(13-4)17-5(2)9(10,11)12/h3,5H,1-2H3,(H,15,16). The van der Waals surface area contributed by atoms with E-state index in [-0.39, 0.29) is 5.69 Å². The van der Waals surface area contributed by atoms with Crippen LogP contribution in [0, 0.1) is 6.92 Å². The Labute approximate surface area is 94.3 Å². The van der Waals surface area contributed by atoms with E-state index < -0.39 is 30.0 Å². The summed E-state index contributed by atoms with van der Waals surface area (Å²) in [5.41, 5.74) is -0.205. The largest absolute Gasteiger partial charge is 0.477 e. The molecule has 94 valence electrons. The Morgan fingerprint density at radius 3 is 2.53 bits per heavy atom. The molecule has 17 heavy (non-hydrogen) atoms. The molecule has 0 radical (unpaired) electrons. The molecule has 8 heteroatoms. The maximum Gasteiger partial charge on any atom is 0.425 e. The highest BCUT2D eigenvalue weighted by atomic mass is 19.4. The summed E-state index contributed by atoms with van der Waals surface area (Å²) in [6, 6.07) is 0.528. The Morgan fingerprint density at radius 2 is 2.06 bits per heavy atom. The zero-order valence-electron chi connectivity index (χ0n) is 8.95. The number of hydrogen-bond acceptors (Lipinski definition) is 4. The number of aromatic carboxylic acids is 1. The van der Waals surface area contributed by atoms with Gasteiger partial charge in [-0.2, -0.15) is 18.2 Å². The second-order valence-electron chi connectivity index (χ2n) is 3.28. The van der Waals surface area contributed by atoms with Gasteiger partial charge in [0.05, 0.1) is 0 Å². The van der Waals surface area contributed by atoms with Gasteiger partial charge in [0.25, 0.3) is 0 Å². The van der Waals surface area contributed by atoms with Crippen LogP contribution in [0.3, 0.4) is 0 Å². The highest BCUT2D eigenvalue weighted by molar-refractivity contribution is 5.85. The quantitative estimate of drug-likeness (QED) is 0.885. The summed E-state index contributed by atoms with van der Waals surface area (Å²) in [6.07, 6.45) is -6.66. The zero-order chi connectivity index (χ0) is 13.2. The summed E-state index contributed by atoms with van der Waals surface area (Å²) in [5, 5.41) is 8.66. The van der Waals surface area contributed by atoms with Crippen LogP contribution in [0.1, 0.15) is 23.1 Å². The molecule has 1 aromatic rings. The minimum absolute atomic E-state index is 0.210. The Hall–Kier alpha value is -1.86. The number of halogens is 3. The molecule has 1 atom stereocenters. The van der Waals surface area contributed by atoms with Crippen LogP contribution in [0.25, 0.3) is 0 Å². The molecule has 0 aliphatic heterocycles. The molecule has 0 aliphatic rings. The second-order valence-corrected chi connectivity index (χ2v) is 3.28. The number of hydrogen-bond donors (Lipinski definition) is 1. The molecule has 1 heterocycles. The van der Waals surface area contributed by atoms with E-state index in [1.165, 1.54) is 6.92 Å². The van der Waals surface area contributed by atoms with Crippen molar-refractivity contribution in [3.8, 4) is 6.01 Å². The summed E-state index contributed by atoms with van der Waals surface area (Å²) in [6.45, 7) is 2.21. The lowest BCUT2D eigenvalue weighted by molar-refractivity contribution is -0.190. The van der Waals surface area contributed by atoms with Gasteiger partial charge >= 0.3 is 18.2 Å². The minimum atomic E-state index is -4.56. The fraction of sp³-hybridized carbons (Fsp3) is 0.444. The number of alkyl halides is 3. The van der Waals surface area contributed by atoms with Crippen LogP contribution < -0.4 is 4.74 Å². The fourth-order valence-corrected chi connectivity index (χ4v) is 0.929. The van der Waals surface area contributed by atoms with Crippen LogP contribution in [0.5, 0.6) is 6.01 Å². The molecule has 0 amide bonds. The first-order valence-electron chi connectivity index (χ1n) is 4.52. The van der Waals surface area contributed by atoms with Crippen LogP contribution in [-0.2, 0) is 0 Å². The van der Waals surface area contributed by atoms with Crippen molar-refractivity contribution in [2.24, 2.45) is 0 Å². The maximum atomic E-state index is 12.2. The Balaban J connectivity index is 2.96. The van der Waals surface area contributed by atoms with Gasteiger partial charge in [-0.3, -0.25) is 0 Å². The fourth-order valence-electron chi connectivity index (χ4n) is 0.929. The van der Waals surface area contributed by atoms with Crippen LogP contribution in [0.4, 0.5) is 13.2 Å². The van der Waals surface area contributed by atoms with E-state index in [0.717, 1.165) is 13.0 Å². The van der Waals surface area contributed by atoms with Gasteiger partial charge in [0.1, 0.15) is 0 Å². The molecule has 5 nitrogen and oxygen atoms in total. The maximum absolute atomic E-state index is 12.2.